The molecule has 4 rings (SSSR count). The van der Waals surface area contributed by atoms with Crippen molar-refractivity contribution in [3.8, 4) is 11.3 Å². The average molecular weight is 389 g/mol. The van der Waals surface area contributed by atoms with Gasteiger partial charge in [0.05, 0.1) is 11.4 Å². The van der Waals surface area contributed by atoms with Crippen molar-refractivity contribution in [1.29, 1.82) is 0 Å². The molecular weight excluding hydrogens is 370 g/mol. The van der Waals surface area contributed by atoms with E-state index in [0.717, 1.165) is 28.1 Å². The molecule has 0 aliphatic carbocycles. The van der Waals surface area contributed by atoms with E-state index in [2.05, 4.69) is 20.6 Å². The predicted octanol–water partition coefficient (Wildman–Crippen LogP) is 4.14. The Labute approximate surface area is 167 Å². The number of nitrogens with zero attached hydrogens (tertiary/aromatic N) is 4. The number of amides is 1. The van der Waals surface area contributed by atoms with Gasteiger partial charge in [0.1, 0.15) is 0 Å². The van der Waals surface area contributed by atoms with Crippen LogP contribution < -0.4 is 5.32 Å². The molecule has 0 aliphatic heterocycles. The van der Waals surface area contributed by atoms with E-state index in [1.54, 1.807) is 4.52 Å². The van der Waals surface area contributed by atoms with E-state index in [0.29, 0.717) is 10.8 Å². The summed E-state index contributed by atoms with van der Waals surface area (Å²) in [6, 6.07) is 19.6. The van der Waals surface area contributed by atoms with Crippen LogP contribution in [0.15, 0.2) is 65.8 Å². The fourth-order valence-corrected chi connectivity index (χ4v) is 3.51. The molecule has 2 aromatic heterocycles. The number of fused-ring (bicyclic) bond motifs is 1. The molecule has 4 aromatic rings. The van der Waals surface area contributed by atoms with Crippen LogP contribution in [0.1, 0.15) is 11.1 Å². The van der Waals surface area contributed by atoms with Crippen LogP contribution in [0.25, 0.3) is 16.9 Å². The van der Waals surface area contributed by atoms with Gasteiger partial charge in [-0.2, -0.15) is 9.61 Å². The Balaban J connectivity index is 1.50. The van der Waals surface area contributed by atoms with E-state index in [9.17, 15) is 4.79 Å². The molecule has 28 heavy (non-hydrogen) atoms. The first-order valence-corrected chi connectivity index (χ1v) is 9.87. The maximum absolute atomic E-state index is 12.4. The first kappa shape index (κ1) is 18.2. The number of carbonyl (C=O) groups excluding carboxylic acids is 1. The fourth-order valence-electron chi connectivity index (χ4n) is 2.82. The minimum absolute atomic E-state index is 0.0883. The van der Waals surface area contributed by atoms with Gasteiger partial charge in [0.15, 0.2) is 5.65 Å². The third kappa shape index (κ3) is 3.75. The molecule has 0 aliphatic rings. The van der Waals surface area contributed by atoms with Gasteiger partial charge in [0.2, 0.25) is 11.1 Å². The lowest BCUT2D eigenvalue weighted by atomic mass is 10.1. The van der Waals surface area contributed by atoms with Gasteiger partial charge >= 0.3 is 0 Å². The SMILES string of the molecule is Cc1cccc(NC(=O)CSc2nnc3ccc(-c4ccccc4)nn23)c1C. The van der Waals surface area contributed by atoms with Gasteiger partial charge in [-0.25, -0.2) is 0 Å². The second-order valence-electron chi connectivity index (χ2n) is 6.42. The van der Waals surface area contributed by atoms with Crippen LogP contribution in [-0.2, 0) is 4.79 Å². The second-order valence-corrected chi connectivity index (χ2v) is 7.36. The number of nitrogens with one attached hydrogen (secondary N) is 1. The summed E-state index contributed by atoms with van der Waals surface area (Å²) in [6.07, 6.45) is 0. The quantitative estimate of drug-likeness (QED) is 0.520. The Hall–Kier alpha value is -3.19. The zero-order valence-electron chi connectivity index (χ0n) is 15.6. The molecule has 0 saturated heterocycles. The Morgan fingerprint density at radius 1 is 1.00 bits per heavy atom. The smallest absolute Gasteiger partial charge is 0.234 e. The van der Waals surface area contributed by atoms with E-state index >= 15 is 0 Å². The van der Waals surface area contributed by atoms with Gasteiger partial charge in [-0.15, -0.1) is 10.2 Å². The van der Waals surface area contributed by atoms with Gasteiger partial charge in [-0.1, -0.05) is 54.2 Å². The Morgan fingerprint density at radius 2 is 1.82 bits per heavy atom. The van der Waals surface area contributed by atoms with Crippen molar-refractivity contribution in [2.24, 2.45) is 0 Å². The fraction of sp³-hybridized carbons (Fsp3) is 0.143. The lowest BCUT2D eigenvalue weighted by Gasteiger charge is -2.09. The summed E-state index contributed by atoms with van der Waals surface area (Å²) in [5, 5.41) is 16.5. The zero-order valence-corrected chi connectivity index (χ0v) is 16.4. The average Bonchev–Trinajstić information content (AvgIpc) is 3.13. The highest BCUT2D eigenvalue weighted by molar-refractivity contribution is 7.99. The van der Waals surface area contributed by atoms with Crippen LogP contribution >= 0.6 is 11.8 Å². The summed E-state index contributed by atoms with van der Waals surface area (Å²) in [6.45, 7) is 4.03. The van der Waals surface area contributed by atoms with Crippen molar-refractivity contribution in [2.45, 2.75) is 19.0 Å². The van der Waals surface area contributed by atoms with E-state index in [1.165, 1.54) is 11.8 Å². The van der Waals surface area contributed by atoms with Crippen molar-refractivity contribution < 1.29 is 4.79 Å². The molecule has 1 N–H and O–H groups in total. The largest absolute Gasteiger partial charge is 0.325 e. The first-order chi connectivity index (χ1) is 13.6. The third-order valence-corrected chi connectivity index (χ3v) is 5.43. The van der Waals surface area contributed by atoms with Gasteiger partial charge < -0.3 is 5.32 Å². The van der Waals surface area contributed by atoms with Crippen LogP contribution in [0.4, 0.5) is 5.69 Å². The number of benzene rings is 2. The predicted molar refractivity (Wildman–Crippen MR) is 111 cm³/mol. The molecule has 6 nitrogen and oxygen atoms in total. The number of rotatable bonds is 5. The van der Waals surface area contributed by atoms with E-state index in [1.807, 2.05) is 74.5 Å². The number of thioether (sulfide) groups is 1. The third-order valence-electron chi connectivity index (χ3n) is 4.51. The number of carbonyl (C=O) groups is 1. The highest BCUT2D eigenvalue weighted by Crippen LogP contribution is 2.22. The summed E-state index contributed by atoms with van der Waals surface area (Å²) in [5.41, 5.74) is 5.55. The molecule has 2 aromatic carbocycles. The summed E-state index contributed by atoms with van der Waals surface area (Å²) in [5.74, 6) is 0.139. The number of hydrogen-bond acceptors (Lipinski definition) is 5. The van der Waals surface area contributed by atoms with Crippen molar-refractivity contribution in [1.82, 2.24) is 19.8 Å². The molecule has 0 saturated carbocycles. The standard InChI is InChI=1S/C21H19N5OS/c1-14-7-6-10-17(15(14)2)22-20(27)13-28-21-24-23-19-12-11-18(25-26(19)21)16-8-4-3-5-9-16/h3-12H,13H2,1-2H3,(H,22,27). The van der Waals surface area contributed by atoms with Crippen molar-refractivity contribution in [3.63, 3.8) is 0 Å². The van der Waals surface area contributed by atoms with Crippen molar-refractivity contribution in [2.75, 3.05) is 11.1 Å². The minimum atomic E-state index is -0.0883. The lowest BCUT2D eigenvalue weighted by molar-refractivity contribution is -0.113. The van der Waals surface area contributed by atoms with Crippen molar-refractivity contribution >= 4 is 29.0 Å². The van der Waals surface area contributed by atoms with E-state index < -0.39 is 0 Å². The number of aromatic nitrogens is 4. The second kappa shape index (κ2) is 7.82. The molecule has 140 valence electrons. The molecule has 0 fully saturated rings. The van der Waals surface area contributed by atoms with E-state index in [4.69, 9.17) is 0 Å². The number of hydrogen-bond donors (Lipinski definition) is 1. The molecule has 0 unspecified atom stereocenters. The van der Waals surface area contributed by atoms with E-state index in [-0.39, 0.29) is 11.7 Å². The van der Waals surface area contributed by atoms with Crippen LogP contribution in [-0.4, -0.2) is 31.5 Å². The first-order valence-electron chi connectivity index (χ1n) is 8.88. The molecule has 0 radical (unpaired) electrons. The summed E-state index contributed by atoms with van der Waals surface area (Å²) in [4.78, 5) is 12.4. The Bertz CT molecular complexity index is 1140. The molecule has 1 amide bonds. The summed E-state index contributed by atoms with van der Waals surface area (Å²) in [7, 11) is 0. The van der Waals surface area contributed by atoms with Crippen LogP contribution in [0.2, 0.25) is 0 Å². The normalized spacial score (nSPS) is 10.9. The molecule has 0 atom stereocenters. The lowest BCUT2D eigenvalue weighted by Crippen LogP contribution is -2.15. The molecular formula is C21H19N5OS. The number of anilines is 1. The molecule has 2 heterocycles. The van der Waals surface area contributed by atoms with Crippen LogP contribution in [0.5, 0.6) is 0 Å². The zero-order chi connectivity index (χ0) is 19.5. The van der Waals surface area contributed by atoms with Gasteiger partial charge in [0.25, 0.3) is 0 Å². The summed E-state index contributed by atoms with van der Waals surface area (Å²) >= 11 is 1.31. The maximum Gasteiger partial charge on any atom is 0.234 e. The van der Waals surface area contributed by atoms with Gasteiger partial charge in [-0.05, 0) is 43.2 Å². The highest BCUT2D eigenvalue weighted by atomic mass is 32.2. The van der Waals surface area contributed by atoms with Crippen molar-refractivity contribution in [3.05, 3.63) is 71.8 Å². The number of aryl methyl sites for hydroxylation is 1. The molecule has 0 spiro atoms. The topological polar surface area (TPSA) is 72.2 Å². The summed E-state index contributed by atoms with van der Waals surface area (Å²) < 4.78 is 1.68. The highest BCUT2D eigenvalue weighted by Gasteiger charge is 2.12. The monoisotopic (exact) mass is 389 g/mol. The Morgan fingerprint density at radius 3 is 2.64 bits per heavy atom. The minimum Gasteiger partial charge on any atom is -0.325 e. The van der Waals surface area contributed by atoms with Gasteiger partial charge in [0, 0.05) is 11.3 Å². The Kier molecular flexibility index (Phi) is 5.08. The maximum atomic E-state index is 12.4. The molecule has 0 bridgehead atoms. The molecule has 7 heteroatoms. The van der Waals surface area contributed by atoms with Crippen LogP contribution in [0.3, 0.4) is 0 Å². The van der Waals surface area contributed by atoms with Gasteiger partial charge in [-0.3, -0.25) is 4.79 Å². The van der Waals surface area contributed by atoms with Crippen LogP contribution in [0, 0.1) is 13.8 Å².